The van der Waals surface area contributed by atoms with Gasteiger partial charge >= 0.3 is 0 Å². The number of carbonyl (C=O) groups is 2. The van der Waals surface area contributed by atoms with Crippen LogP contribution in [0.4, 0.5) is 10.1 Å². The number of nitrogens with one attached hydrogen (secondary N) is 1. The summed E-state index contributed by atoms with van der Waals surface area (Å²) in [6.45, 7) is 5.36. The van der Waals surface area contributed by atoms with E-state index in [-0.39, 0.29) is 23.2 Å². The van der Waals surface area contributed by atoms with Gasteiger partial charge in [-0.2, -0.15) is 0 Å². The minimum absolute atomic E-state index is 0.146. The molecule has 0 spiro atoms. The summed E-state index contributed by atoms with van der Waals surface area (Å²) in [7, 11) is 0. The van der Waals surface area contributed by atoms with Gasteiger partial charge in [-0.05, 0) is 31.5 Å². The number of aromatic nitrogens is 2. The standard InChI is InChI=1S/C16H17FN4O2/c1-3-20-6-7-21-9-13(19-14(21)16(20)23)15(22)18-11-5-4-10(2)12(17)8-11/h4-5,8-9H,3,6-7H2,1-2H3,(H,18,22). The zero-order chi connectivity index (χ0) is 16.6. The zero-order valence-electron chi connectivity index (χ0n) is 13.0. The van der Waals surface area contributed by atoms with Crippen molar-refractivity contribution in [2.24, 2.45) is 0 Å². The predicted octanol–water partition coefficient (Wildman–Crippen LogP) is 2.06. The minimum atomic E-state index is -0.467. The van der Waals surface area contributed by atoms with Crippen molar-refractivity contribution < 1.29 is 14.0 Å². The van der Waals surface area contributed by atoms with E-state index < -0.39 is 5.91 Å². The van der Waals surface area contributed by atoms with E-state index in [0.29, 0.717) is 30.9 Å². The Morgan fingerprint density at radius 1 is 1.39 bits per heavy atom. The highest BCUT2D eigenvalue weighted by atomic mass is 19.1. The van der Waals surface area contributed by atoms with Crippen molar-refractivity contribution in [2.75, 3.05) is 18.4 Å². The summed E-state index contributed by atoms with van der Waals surface area (Å²) in [6.07, 6.45) is 1.56. The van der Waals surface area contributed by atoms with E-state index in [2.05, 4.69) is 10.3 Å². The number of nitrogens with zero attached hydrogens (tertiary/aromatic N) is 3. The van der Waals surface area contributed by atoms with Crippen LogP contribution in [0.3, 0.4) is 0 Å². The van der Waals surface area contributed by atoms with Crippen LogP contribution in [0.25, 0.3) is 0 Å². The molecule has 1 aromatic heterocycles. The summed E-state index contributed by atoms with van der Waals surface area (Å²) >= 11 is 0. The first-order chi connectivity index (χ1) is 11.0. The molecule has 0 unspecified atom stereocenters. The molecule has 23 heavy (non-hydrogen) atoms. The van der Waals surface area contributed by atoms with Crippen LogP contribution in [0.5, 0.6) is 0 Å². The van der Waals surface area contributed by atoms with Gasteiger partial charge in [-0.3, -0.25) is 9.59 Å². The van der Waals surface area contributed by atoms with Gasteiger partial charge in [0, 0.05) is 31.5 Å². The van der Waals surface area contributed by atoms with Gasteiger partial charge < -0.3 is 14.8 Å². The Labute approximate surface area is 132 Å². The highest BCUT2D eigenvalue weighted by Crippen LogP contribution is 2.16. The highest BCUT2D eigenvalue weighted by molar-refractivity contribution is 6.04. The molecule has 1 aliphatic heterocycles. The maximum absolute atomic E-state index is 13.5. The number of likely N-dealkylation sites (N-methyl/N-ethyl adjacent to an activating group) is 1. The van der Waals surface area contributed by atoms with E-state index in [1.807, 2.05) is 6.92 Å². The predicted molar refractivity (Wildman–Crippen MR) is 82.9 cm³/mol. The smallest absolute Gasteiger partial charge is 0.289 e. The molecule has 0 bridgehead atoms. The number of anilines is 1. The van der Waals surface area contributed by atoms with E-state index in [0.717, 1.165) is 0 Å². The van der Waals surface area contributed by atoms with Gasteiger partial charge in [0.2, 0.25) is 0 Å². The van der Waals surface area contributed by atoms with Crippen LogP contribution in [-0.4, -0.2) is 39.4 Å². The Morgan fingerprint density at radius 3 is 2.87 bits per heavy atom. The van der Waals surface area contributed by atoms with Gasteiger partial charge in [0.1, 0.15) is 11.5 Å². The third-order valence-corrected chi connectivity index (χ3v) is 3.91. The molecule has 0 radical (unpaired) electrons. The Morgan fingerprint density at radius 2 is 2.17 bits per heavy atom. The third-order valence-electron chi connectivity index (χ3n) is 3.91. The van der Waals surface area contributed by atoms with E-state index in [9.17, 15) is 14.0 Å². The van der Waals surface area contributed by atoms with Gasteiger partial charge in [0.25, 0.3) is 11.8 Å². The van der Waals surface area contributed by atoms with Gasteiger partial charge in [0.05, 0.1) is 0 Å². The SMILES string of the molecule is CCN1CCn2cc(C(=O)Nc3ccc(C)c(F)c3)nc2C1=O. The van der Waals surface area contributed by atoms with Crippen LogP contribution in [0.2, 0.25) is 0 Å². The fourth-order valence-electron chi connectivity index (χ4n) is 2.51. The molecule has 0 saturated carbocycles. The fraction of sp³-hybridized carbons (Fsp3) is 0.312. The van der Waals surface area contributed by atoms with Crippen molar-refractivity contribution in [3.63, 3.8) is 0 Å². The molecule has 1 N–H and O–H groups in total. The second-order valence-electron chi connectivity index (χ2n) is 5.45. The second kappa shape index (κ2) is 5.83. The first-order valence-electron chi connectivity index (χ1n) is 7.43. The molecule has 6 nitrogen and oxygen atoms in total. The minimum Gasteiger partial charge on any atom is -0.334 e. The summed E-state index contributed by atoms with van der Waals surface area (Å²) in [4.78, 5) is 30.2. The molecular formula is C16H17FN4O2. The number of imidazole rings is 1. The lowest BCUT2D eigenvalue weighted by Crippen LogP contribution is -2.40. The quantitative estimate of drug-likeness (QED) is 0.942. The second-order valence-corrected chi connectivity index (χ2v) is 5.45. The molecule has 2 amide bonds. The maximum Gasteiger partial charge on any atom is 0.289 e. The summed E-state index contributed by atoms with van der Waals surface area (Å²) < 4.78 is 15.2. The van der Waals surface area contributed by atoms with Crippen LogP contribution in [0.1, 0.15) is 33.6 Å². The number of amides is 2. The fourth-order valence-corrected chi connectivity index (χ4v) is 2.51. The lowest BCUT2D eigenvalue weighted by molar-refractivity contribution is 0.0707. The monoisotopic (exact) mass is 316 g/mol. The number of halogens is 1. The maximum atomic E-state index is 13.5. The zero-order valence-corrected chi connectivity index (χ0v) is 13.0. The largest absolute Gasteiger partial charge is 0.334 e. The first kappa shape index (κ1) is 15.2. The molecule has 1 aromatic carbocycles. The Hall–Kier alpha value is -2.70. The van der Waals surface area contributed by atoms with Crippen molar-refractivity contribution in [3.8, 4) is 0 Å². The number of hydrogen-bond donors (Lipinski definition) is 1. The number of benzene rings is 1. The van der Waals surface area contributed by atoms with Crippen LogP contribution in [-0.2, 0) is 6.54 Å². The third kappa shape index (κ3) is 2.81. The number of hydrogen-bond acceptors (Lipinski definition) is 3. The lowest BCUT2D eigenvalue weighted by atomic mass is 10.2. The molecule has 3 rings (SSSR count). The first-order valence-corrected chi connectivity index (χ1v) is 7.43. The number of fused-ring (bicyclic) bond motifs is 1. The molecule has 0 atom stereocenters. The van der Waals surface area contributed by atoms with Crippen LogP contribution in [0.15, 0.2) is 24.4 Å². The van der Waals surface area contributed by atoms with E-state index in [4.69, 9.17) is 0 Å². The molecule has 2 heterocycles. The van der Waals surface area contributed by atoms with Crippen molar-refractivity contribution in [3.05, 3.63) is 47.3 Å². The Balaban J connectivity index is 1.81. The number of aryl methyl sites for hydroxylation is 1. The normalized spacial score (nSPS) is 13.9. The average molecular weight is 316 g/mol. The summed E-state index contributed by atoms with van der Waals surface area (Å²) in [6, 6.07) is 4.47. The van der Waals surface area contributed by atoms with Crippen LogP contribution in [0, 0.1) is 12.7 Å². The van der Waals surface area contributed by atoms with Gasteiger partial charge in [-0.15, -0.1) is 0 Å². The Bertz CT molecular complexity index is 784. The van der Waals surface area contributed by atoms with Crippen molar-refractivity contribution >= 4 is 17.5 Å². The van der Waals surface area contributed by atoms with Crippen molar-refractivity contribution in [1.82, 2.24) is 14.5 Å². The topological polar surface area (TPSA) is 67.2 Å². The summed E-state index contributed by atoms with van der Waals surface area (Å²) in [5.74, 6) is -0.774. The molecular weight excluding hydrogens is 299 g/mol. The van der Waals surface area contributed by atoms with Crippen LogP contribution < -0.4 is 5.32 Å². The summed E-state index contributed by atoms with van der Waals surface area (Å²) in [5.41, 5.74) is 1.00. The molecule has 120 valence electrons. The summed E-state index contributed by atoms with van der Waals surface area (Å²) in [5, 5.41) is 2.60. The van der Waals surface area contributed by atoms with Gasteiger partial charge in [-0.1, -0.05) is 6.07 Å². The molecule has 0 saturated heterocycles. The van der Waals surface area contributed by atoms with E-state index in [1.54, 1.807) is 34.7 Å². The van der Waals surface area contributed by atoms with E-state index >= 15 is 0 Å². The highest BCUT2D eigenvalue weighted by Gasteiger charge is 2.27. The molecule has 1 aliphatic rings. The van der Waals surface area contributed by atoms with Crippen molar-refractivity contribution in [2.45, 2.75) is 20.4 Å². The lowest BCUT2D eigenvalue weighted by Gasteiger charge is -2.25. The van der Waals surface area contributed by atoms with E-state index in [1.165, 1.54) is 6.07 Å². The van der Waals surface area contributed by atoms with Crippen molar-refractivity contribution in [1.29, 1.82) is 0 Å². The Kier molecular flexibility index (Phi) is 3.85. The molecule has 7 heteroatoms. The van der Waals surface area contributed by atoms with Crippen LogP contribution >= 0.6 is 0 Å². The number of carbonyl (C=O) groups excluding carboxylic acids is 2. The average Bonchev–Trinajstić information content (AvgIpc) is 2.97. The van der Waals surface area contributed by atoms with Gasteiger partial charge in [-0.25, -0.2) is 9.37 Å². The van der Waals surface area contributed by atoms with Gasteiger partial charge in [0.15, 0.2) is 5.82 Å². The molecule has 0 aliphatic carbocycles. The number of rotatable bonds is 3. The molecule has 0 fully saturated rings. The molecule has 2 aromatic rings.